The van der Waals surface area contributed by atoms with E-state index >= 15 is 0 Å². The molecule has 0 aliphatic carbocycles. The Morgan fingerprint density at radius 1 is 1.36 bits per heavy atom. The molecule has 0 amide bonds. The van der Waals surface area contributed by atoms with E-state index < -0.39 is 44.5 Å². The van der Waals surface area contributed by atoms with Crippen molar-refractivity contribution >= 4 is 19.0 Å². The zero-order chi connectivity index (χ0) is 15.5. The summed E-state index contributed by atoms with van der Waals surface area (Å²) in [6, 6.07) is 0. The maximum absolute atomic E-state index is 11.7. The summed E-state index contributed by atoms with van der Waals surface area (Å²) in [6.07, 6.45) is -1.03. The second kappa shape index (κ2) is 4.69. The van der Waals surface area contributed by atoms with Gasteiger partial charge >= 0.3 is 7.82 Å². The van der Waals surface area contributed by atoms with Crippen LogP contribution in [-0.4, -0.2) is 54.4 Å². The predicted molar refractivity (Wildman–Crippen MR) is 68.7 cm³/mol. The third kappa shape index (κ3) is 1.95. The fourth-order valence-electron chi connectivity index (χ4n) is 2.70. The molecular weight excluding hydrogens is 319 g/mol. The van der Waals surface area contributed by atoms with Gasteiger partial charge in [-0.3, -0.25) is 18.4 Å². The number of nitrogens with zero attached hydrogens (tertiary/aromatic N) is 3. The van der Waals surface area contributed by atoms with E-state index in [0.29, 0.717) is 0 Å². The first kappa shape index (κ1) is 14.0. The maximum atomic E-state index is 11.7. The van der Waals surface area contributed by atoms with Gasteiger partial charge in [-0.2, -0.15) is 0 Å². The van der Waals surface area contributed by atoms with Crippen molar-refractivity contribution in [2.45, 2.75) is 24.5 Å². The Labute approximate surface area is 122 Å². The van der Waals surface area contributed by atoms with E-state index in [1.54, 1.807) is 0 Å². The number of aliphatic hydroxyl groups is 1. The molecule has 2 saturated heterocycles. The molecule has 2 fully saturated rings. The van der Waals surface area contributed by atoms with Crippen LogP contribution in [0.2, 0.25) is 0 Å². The molecule has 1 unspecified atom stereocenters. The summed E-state index contributed by atoms with van der Waals surface area (Å²) in [7, 11) is -4.19. The topological polar surface area (TPSA) is 149 Å². The zero-order valence-electron chi connectivity index (χ0n) is 10.9. The zero-order valence-corrected chi connectivity index (χ0v) is 11.8. The lowest BCUT2D eigenvalue weighted by atomic mass is 10.1. The second-order valence-corrected chi connectivity index (χ2v) is 6.27. The lowest BCUT2D eigenvalue weighted by Crippen LogP contribution is -2.30. The molecule has 11 nitrogen and oxygen atoms in total. The van der Waals surface area contributed by atoms with Crippen LogP contribution in [0.5, 0.6) is 0 Å². The van der Waals surface area contributed by atoms with Crippen molar-refractivity contribution in [2.24, 2.45) is 0 Å². The van der Waals surface area contributed by atoms with Crippen molar-refractivity contribution in [1.29, 1.82) is 0 Å². The predicted octanol–water partition coefficient (Wildman–Crippen LogP) is -1.11. The van der Waals surface area contributed by atoms with E-state index in [2.05, 4.69) is 15.0 Å². The lowest BCUT2D eigenvalue weighted by Gasteiger charge is -2.18. The number of aromatic amines is 1. The Kier molecular flexibility index (Phi) is 2.98. The van der Waals surface area contributed by atoms with Gasteiger partial charge in [0.1, 0.15) is 18.3 Å². The number of fused-ring (bicyclic) bond motifs is 2. The normalized spacial score (nSPS) is 37.7. The highest BCUT2D eigenvalue weighted by Crippen LogP contribution is 2.58. The van der Waals surface area contributed by atoms with Crippen molar-refractivity contribution in [2.75, 3.05) is 6.61 Å². The highest BCUT2D eigenvalue weighted by Gasteiger charge is 2.57. The summed E-state index contributed by atoms with van der Waals surface area (Å²) in [5.74, 6) is 0. The number of rotatable bonds is 2. The molecule has 0 radical (unpaired) electrons. The summed E-state index contributed by atoms with van der Waals surface area (Å²) in [5, 5.41) is 9.33. The quantitative estimate of drug-likeness (QED) is 0.583. The van der Waals surface area contributed by atoms with E-state index in [4.69, 9.17) is 13.8 Å². The third-order valence-corrected chi connectivity index (χ3v) is 4.63. The lowest BCUT2D eigenvalue weighted by molar-refractivity contribution is -0.0589. The summed E-state index contributed by atoms with van der Waals surface area (Å²) < 4.78 is 28.5. The van der Waals surface area contributed by atoms with Crippen LogP contribution < -0.4 is 5.56 Å². The third-order valence-electron chi connectivity index (χ3n) is 3.61. The van der Waals surface area contributed by atoms with Gasteiger partial charge in [0.25, 0.3) is 5.56 Å². The fourth-order valence-corrected chi connectivity index (χ4v) is 3.84. The average Bonchev–Trinajstić information content (AvgIpc) is 3.10. The first-order valence-electron chi connectivity index (χ1n) is 6.36. The number of imidazole rings is 1. The molecule has 3 N–H and O–H groups in total. The molecule has 2 aromatic heterocycles. The molecule has 2 aliphatic heterocycles. The van der Waals surface area contributed by atoms with Crippen molar-refractivity contribution in [3.05, 3.63) is 23.0 Å². The number of phosphoric ester groups is 1. The standard InChI is InChI=1S/C10H11N4O7P/c15-1-4-6-7(21-22(17,18)20-6)10(19-4)14-3-13-5-8(14)11-2-12-9(5)16/h2-4,6-7,10,15H,1H2,(H,17,18)(H,11,12,16)/t4-,6-,7-,10-/m1/s1. The molecule has 0 spiro atoms. The van der Waals surface area contributed by atoms with E-state index in [1.807, 2.05) is 0 Å². The number of H-pyrrole nitrogens is 1. The van der Waals surface area contributed by atoms with E-state index in [-0.39, 0.29) is 11.2 Å². The molecule has 2 aromatic rings. The minimum Gasteiger partial charge on any atom is -0.394 e. The van der Waals surface area contributed by atoms with Gasteiger partial charge in [-0.25, -0.2) is 14.5 Å². The van der Waals surface area contributed by atoms with Gasteiger partial charge in [0.05, 0.1) is 19.3 Å². The Morgan fingerprint density at radius 2 is 2.14 bits per heavy atom. The number of aliphatic hydroxyl groups excluding tert-OH is 1. The van der Waals surface area contributed by atoms with Crippen LogP contribution in [-0.2, 0) is 18.3 Å². The van der Waals surface area contributed by atoms with Crippen LogP contribution in [0.1, 0.15) is 6.23 Å². The minimum absolute atomic E-state index is 0.0983. The largest absolute Gasteiger partial charge is 0.473 e. The van der Waals surface area contributed by atoms with Gasteiger partial charge in [0.2, 0.25) is 0 Å². The van der Waals surface area contributed by atoms with E-state index in [1.165, 1.54) is 17.2 Å². The van der Waals surface area contributed by atoms with Gasteiger partial charge in [0.15, 0.2) is 17.4 Å². The maximum Gasteiger partial charge on any atom is 0.473 e. The smallest absolute Gasteiger partial charge is 0.394 e. The van der Waals surface area contributed by atoms with Crippen LogP contribution >= 0.6 is 7.82 Å². The monoisotopic (exact) mass is 330 g/mol. The van der Waals surface area contributed by atoms with Crippen LogP contribution in [0.15, 0.2) is 17.4 Å². The molecule has 0 bridgehead atoms. The van der Waals surface area contributed by atoms with Crippen LogP contribution in [0.25, 0.3) is 11.2 Å². The van der Waals surface area contributed by atoms with Crippen LogP contribution in [0, 0.1) is 0 Å². The summed E-state index contributed by atoms with van der Waals surface area (Å²) in [4.78, 5) is 31.5. The van der Waals surface area contributed by atoms with Gasteiger partial charge in [0, 0.05) is 0 Å². The molecule has 4 heterocycles. The van der Waals surface area contributed by atoms with E-state index in [9.17, 15) is 19.4 Å². The van der Waals surface area contributed by atoms with Gasteiger partial charge in [-0.05, 0) is 0 Å². The number of nitrogens with one attached hydrogen (secondary N) is 1. The Bertz CT molecular complexity index is 834. The van der Waals surface area contributed by atoms with Crippen molar-refractivity contribution < 1.29 is 28.3 Å². The van der Waals surface area contributed by atoms with Crippen molar-refractivity contribution in [3.63, 3.8) is 0 Å². The van der Waals surface area contributed by atoms with E-state index in [0.717, 1.165) is 0 Å². The highest BCUT2D eigenvalue weighted by molar-refractivity contribution is 7.47. The summed E-state index contributed by atoms with van der Waals surface area (Å²) in [6.45, 7) is -0.415. The Hall–Kier alpha value is -1.62. The first-order chi connectivity index (χ1) is 10.5. The summed E-state index contributed by atoms with van der Waals surface area (Å²) in [5.41, 5.74) is -0.0935. The molecule has 12 heteroatoms. The number of ether oxygens (including phenoxy) is 1. The highest BCUT2D eigenvalue weighted by atomic mass is 31.2. The minimum atomic E-state index is -4.19. The van der Waals surface area contributed by atoms with Crippen molar-refractivity contribution in [3.8, 4) is 0 Å². The Balaban J connectivity index is 1.80. The van der Waals surface area contributed by atoms with Crippen LogP contribution in [0.3, 0.4) is 0 Å². The van der Waals surface area contributed by atoms with Gasteiger partial charge in [-0.1, -0.05) is 0 Å². The fraction of sp³-hybridized carbons (Fsp3) is 0.500. The molecule has 118 valence electrons. The second-order valence-electron chi connectivity index (χ2n) is 4.91. The summed E-state index contributed by atoms with van der Waals surface area (Å²) >= 11 is 0. The molecular formula is C10H11N4O7P. The number of hydrogen-bond donors (Lipinski definition) is 3. The molecule has 5 atom stereocenters. The van der Waals surface area contributed by atoms with Crippen LogP contribution in [0.4, 0.5) is 0 Å². The van der Waals surface area contributed by atoms with Gasteiger partial charge < -0.3 is 19.7 Å². The molecule has 2 aliphatic rings. The number of phosphoric acid groups is 1. The number of aromatic nitrogens is 4. The number of hydrogen-bond acceptors (Lipinski definition) is 8. The molecule has 0 aromatic carbocycles. The Morgan fingerprint density at radius 3 is 2.91 bits per heavy atom. The molecule has 22 heavy (non-hydrogen) atoms. The molecule has 0 saturated carbocycles. The first-order valence-corrected chi connectivity index (χ1v) is 7.86. The molecule has 4 rings (SSSR count). The van der Waals surface area contributed by atoms with Crippen molar-refractivity contribution in [1.82, 2.24) is 19.5 Å². The van der Waals surface area contributed by atoms with Gasteiger partial charge in [-0.15, -0.1) is 0 Å². The average molecular weight is 330 g/mol. The SMILES string of the molecule is O=c1[nH]cnc2c1ncn2[C@@H]1O[C@H](CO)[C@H]2OP(=O)(O)O[C@H]21.